The lowest BCUT2D eigenvalue weighted by atomic mass is 10.2. The van der Waals surface area contributed by atoms with E-state index in [1.54, 1.807) is 0 Å². The number of nitrogens with zero attached hydrogens (tertiary/aromatic N) is 3. The second-order valence-corrected chi connectivity index (χ2v) is 6.58. The highest BCUT2D eigenvalue weighted by atomic mass is 15.3. The van der Waals surface area contributed by atoms with E-state index in [-0.39, 0.29) is 0 Å². The minimum absolute atomic E-state index is 0.543. The van der Waals surface area contributed by atoms with Crippen LogP contribution in [0.25, 0.3) is 0 Å². The molecular formula is C15H25N5. The zero-order valence-corrected chi connectivity index (χ0v) is 12.7. The highest BCUT2D eigenvalue weighted by Gasteiger charge is 2.34. The highest BCUT2D eigenvalue weighted by molar-refractivity contribution is 5.59. The third-order valence-corrected chi connectivity index (χ3v) is 4.04. The van der Waals surface area contributed by atoms with Crippen molar-refractivity contribution in [3.05, 3.63) is 11.4 Å². The Bertz CT molecular complexity index is 491. The number of nitrogens with two attached hydrogens (primary N) is 1. The molecule has 3 N–H and O–H groups in total. The molecule has 0 saturated heterocycles. The summed E-state index contributed by atoms with van der Waals surface area (Å²) in [5.74, 6) is 9.65. The van der Waals surface area contributed by atoms with Crippen LogP contribution in [0.3, 0.4) is 0 Å². The van der Waals surface area contributed by atoms with Gasteiger partial charge < -0.3 is 10.3 Å². The molecule has 0 radical (unpaired) electrons. The molecule has 2 aliphatic rings. The van der Waals surface area contributed by atoms with Gasteiger partial charge in [0, 0.05) is 24.1 Å². The second kappa shape index (κ2) is 5.20. The first-order chi connectivity index (χ1) is 9.60. The van der Waals surface area contributed by atoms with Crippen LogP contribution >= 0.6 is 0 Å². The average Bonchev–Trinajstić information content (AvgIpc) is 3.29. The van der Waals surface area contributed by atoms with Gasteiger partial charge in [0.1, 0.15) is 17.5 Å². The molecule has 0 aliphatic heterocycles. The minimum atomic E-state index is 0.543. The van der Waals surface area contributed by atoms with Gasteiger partial charge >= 0.3 is 0 Å². The molecule has 1 aromatic rings. The fraction of sp³-hybridized carbons (Fsp3) is 0.733. The molecule has 1 heterocycles. The van der Waals surface area contributed by atoms with Crippen molar-refractivity contribution in [1.29, 1.82) is 0 Å². The quantitative estimate of drug-likeness (QED) is 0.617. The molecule has 1 aromatic heterocycles. The molecule has 5 nitrogen and oxygen atoms in total. The third-order valence-electron chi connectivity index (χ3n) is 4.04. The highest BCUT2D eigenvalue weighted by Crippen LogP contribution is 2.41. The molecular weight excluding hydrogens is 250 g/mol. The van der Waals surface area contributed by atoms with Crippen molar-refractivity contribution in [2.45, 2.75) is 58.4 Å². The summed E-state index contributed by atoms with van der Waals surface area (Å²) in [6.45, 7) is 7.64. The maximum Gasteiger partial charge on any atom is 0.148 e. The number of hydrogen-bond donors (Lipinski definition) is 2. The Balaban J connectivity index is 1.98. The number of rotatable bonds is 6. The molecule has 0 amide bonds. The number of hydrazine groups is 1. The molecule has 2 aliphatic carbocycles. The summed E-state index contributed by atoms with van der Waals surface area (Å²) in [6.07, 6.45) is 4.97. The summed E-state index contributed by atoms with van der Waals surface area (Å²) >= 11 is 0. The Morgan fingerprint density at radius 1 is 1.25 bits per heavy atom. The number of aromatic nitrogens is 2. The van der Waals surface area contributed by atoms with E-state index in [0.717, 1.165) is 29.6 Å². The Hall–Kier alpha value is -1.36. The SMILES string of the molecule is Cc1c(NN)nc(C2CC2)nc1N(CC(C)C)C1CC1. The van der Waals surface area contributed by atoms with Gasteiger partial charge in [-0.25, -0.2) is 15.8 Å². The van der Waals surface area contributed by atoms with Crippen LogP contribution in [0.5, 0.6) is 0 Å². The van der Waals surface area contributed by atoms with Crippen LogP contribution in [-0.2, 0) is 0 Å². The Labute approximate surface area is 120 Å². The first-order valence-corrected chi connectivity index (χ1v) is 7.72. The van der Waals surface area contributed by atoms with E-state index in [0.29, 0.717) is 17.9 Å². The molecule has 3 rings (SSSR count). The summed E-state index contributed by atoms with van der Waals surface area (Å²) < 4.78 is 0. The van der Waals surface area contributed by atoms with Crippen molar-refractivity contribution in [3.8, 4) is 0 Å². The summed E-state index contributed by atoms with van der Waals surface area (Å²) in [5, 5.41) is 0. The topological polar surface area (TPSA) is 67.1 Å². The van der Waals surface area contributed by atoms with Gasteiger partial charge in [0.25, 0.3) is 0 Å². The smallest absolute Gasteiger partial charge is 0.148 e. The number of nitrogen functional groups attached to an aromatic ring is 1. The molecule has 0 spiro atoms. The van der Waals surface area contributed by atoms with Crippen molar-refractivity contribution >= 4 is 11.6 Å². The van der Waals surface area contributed by atoms with Crippen LogP contribution in [-0.4, -0.2) is 22.6 Å². The minimum Gasteiger partial charge on any atom is -0.353 e. The van der Waals surface area contributed by atoms with Crippen LogP contribution in [0.15, 0.2) is 0 Å². The molecule has 0 bridgehead atoms. The van der Waals surface area contributed by atoms with Gasteiger partial charge in [-0.1, -0.05) is 13.8 Å². The van der Waals surface area contributed by atoms with E-state index < -0.39 is 0 Å². The van der Waals surface area contributed by atoms with Crippen molar-refractivity contribution < 1.29 is 0 Å². The molecule has 2 saturated carbocycles. The molecule has 110 valence electrons. The van der Waals surface area contributed by atoms with Crippen molar-refractivity contribution in [2.24, 2.45) is 11.8 Å². The predicted molar refractivity (Wildman–Crippen MR) is 81.8 cm³/mol. The molecule has 0 atom stereocenters. The number of nitrogens with one attached hydrogen (secondary N) is 1. The zero-order chi connectivity index (χ0) is 14.3. The van der Waals surface area contributed by atoms with Gasteiger partial charge in [-0.05, 0) is 38.5 Å². The Morgan fingerprint density at radius 3 is 2.45 bits per heavy atom. The molecule has 20 heavy (non-hydrogen) atoms. The van der Waals surface area contributed by atoms with Crippen LogP contribution < -0.4 is 16.2 Å². The van der Waals surface area contributed by atoms with Gasteiger partial charge in [0.2, 0.25) is 0 Å². The summed E-state index contributed by atoms with van der Waals surface area (Å²) in [5.41, 5.74) is 3.82. The van der Waals surface area contributed by atoms with E-state index in [4.69, 9.17) is 10.8 Å². The second-order valence-electron chi connectivity index (χ2n) is 6.58. The largest absolute Gasteiger partial charge is 0.353 e. The lowest BCUT2D eigenvalue weighted by Crippen LogP contribution is -2.32. The third kappa shape index (κ3) is 2.73. The zero-order valence-electron chi connectivity index (χ0n) is 12.7. The fourth-order valence-corrected chi connectivity index (χ4v) is 2.65. The lowest BCUT2D eigenvalue weighted by molar-refractivity contribution is 0.600. The maximum atomic E-state index is 5.64. The van der Waals surface area contributed by atoms with Gasteiger partial charge in [-0.15, -0.1) is 0 Å². The molecule has 2 fully saturated rings. The maximum absolute atomic E-state index is 5.64. The van der Waals surface area contributed by atoms with Gasteiger partial charge in [0.05, 0.1) is 0 Å². The van der Waals surface area contributed by atoms with Crippen LogP contribution in [0, 0.1) is 12.8 Å². The van der Waals surface area contributed by atoms with E-state index in [1.807, 2.05) is 0 Å². The molecule has 0 unspecified atom stereocenters. The standard InChI is InChI=1S/C15H25N5/c1-9(2)8-20(12-6-7-12)15-10(3)13(19-16)17-14(18-15)11-4-5-11/h9,11-12H,4-8,16H2,1-3H3,(H,17,18,19). The lowest BCUT2D eigenvalue weighted by Gasteiger charge is -2.28. The average molecular weight is 275 g/mol. The van der Waals surface area contributed by atoms with Crippen molar-refractivity contribution in [1.82, 2.24) is 9.97 Å². The first kappa shape index (κ1) is 13.6. The van der Waals surface area contributed by atoms with Crippen LogP contribution in [0.1, 0.15) is 56.8 Å². The number of hydrogen-bond acceptors (Lipinski definition) is 5. The van der Waals surface area contributed by atoms with Gasteiger partial charge in [0.15, 0.2) is 0 Å². The van der Waals surface area contributed by atoms with Gasteiger partial charge in [-0.2, -0.15) is 0 Å². The number of anilines is 2. The molecule has 0 aromatic carbocycles. The fourth-order valence-electron chi connectivity index (χ4n) is 2.65. The monoisotopic (exact) mass is 275 g/mol. The van der Waals surface area contributed by atoms with Crippen LogP contribution in [0.2, 0.25) is 0 Å². The van der Waals surface area contributed by atoms with Crippen molar-refractivity contribution in [3.63, 3.8) is 0 Å². The van der Waals surface area contributed by atoms with E-state index >= 15 is 0 Å². The van der Waals surface area contributed by atoms with E-state index in [1.165, 1.54) is 25.7 Å². The van der Waals surface area contributed by atoms with E-state index in [2.05, 4.69) is 36.1 Å². The van der Waals surface area contributed by atoms with Crippen molar-refractivity contribution in [2.75, 3.05) is 16.9 Å². The summed E-state index contributed by atoms with van der Waals surface area (Å²) in [4.78, 5) is 11.9. The Kier molecular flexibility index (Phi) is 3.54. The molecule has 5 heteroatoms. The van der Waals surface area contributed by atoms with Gasteiger partial charge in [-0.3, -0.25) is 0 Å². The van der Waals surface area contributed by atoms with Crippen LogP contribution in [0.4, 0.5) is 11.6 Å². The Morgan fingerprint density at radius 2 is 1.95 bits per heavy atom. The summed E-state index contributed by atoms with van der Waals surface area (Å²) in [6, 6.07) is 0.656. The predicted octanol–water partition coefficient (Wildman–Crippen LogP) is 2.57. The normalized spacial score (nSPS) is 18.4. The summed E-state index contributed by atoms with van der Waals surface area (Å²) in [7, 11) is 0. The first-order valence-electron chi connectivity index (χ1n) is 7.72. The van der Waals surface area contributed by atoms with E-state index in [9.17, 15) is 0 Å².